The number of nitrogens with two attached hydrogens (primary N) is 1. The molecule has 1 rings (SSSR count). The van der Waals surface area contributed by atoms with Crippen LogP contribution in [0.2, 0.25) is 0 Å². The van der Waals surface area contributed by atoms with Gasteiger partial charge in [-0.25, -0.2) is 0 Å². The van der Waals surface area contributed by atoms with Crippen LogP contribution in [-0.4, -0.2) is 11.8 Å². The second-order valence-electron chi connectivity index (χ2n) is 5.30. The molecule has 1 aromatic carbocycles. The molecule has 0 unspecified atom stereocenters. The Balaban J connectivity index is 2.78. The van der Waals surface area contributed by atoms with Gasteiger partial charge in [0.25, 0.3) is 0 Å². The predicted octanol–water partition coefficient (Wildman–Crippen LogP) is 2.48. The van der Waals surface area contributed by atoms with Crippen molar-refractivity contribution >= 4 is 5.78 Å². The molecular formula is C14H21NO. The first kappa shape index (κ1) is 11.3. The van der Waals surface area contributed by atoms with Gasteiger partial charge in [-0.1, -0.05) is 50.6 Å². The fourth-order valence-electron chi connectivity index (χ4n) is 1.56. The lowest BCUT2D eigenvalue weighted by Crippen LogP contribution is -2.40. The van der Waals surface area contributed by atoms with E-state index in [0.717, 1.165) is 11.1 Å². The van der Waals surface area contributed by atoms with Crippen LogP contribution in [0.25, 0.3) is 0 Å². The highest BCUT2D eigenvalue weighted by Crippen LogP contribution is 2.18. The maximum absolute atomic E-state index is 11.9. The van der Waals surface area contributed by atoms with E-state index >= 15 is 0 Å². The van der Waals surface area contributed by atoms with Gasteiger partial charge >= 0.3 is 0 Å². The van der Waals surface area contributed by atoms with Gasteiger partial charge in [0.15, 0.2) is 5.78 Å². The molecule has 0 spiro atoms. The monoisotopic (exact) mass is 220 g/mol. The summed E-state index contributed by atoms with van der Waals surface area (Å²) < 4.78 is 7.71. The largest absolute Gasteiger partial charge is 0.321 e. The van der Waals surface area contributed by atoms with E-state index in [1.807, 2.05) is 39.8 Å². The van der Waals surface area contributed by atoms with Crippen molar-refractivity contribution < 1.29 is 6.17 Å². The maximum Gasteiger partial charge on any atom is 0.155 e. The Kier molecular flexibility index (Phi) is 3.39. The Morgan fingerprint density at radius 2 is 2.06 bits per heavy atom. The van der Waals surface area contributed by atoms with Crippen LogP contribution < -0.4 is 5.73 Å². The average molecular weight is 220 g/mol. The van der Waals surface area contributed by atoms with Crippen molar-refractivity contribution in [2.45, 2.75) is 40.2 Å². The van der Waals surface area contributed by atoms with Crippen molar-refractivity contribution in [1.82, 2.24) is 0 Å². The van der Waals surface area contributed by atoms with E-state index in [1.165, 1.54) is 0 Å². The smallest absolute Gasteiger partial charge is 0.155 e. The number of carbonyl (C=O) groups is 1. The molecule has 0 fully saturated rings. The van der Waals surface area contributed by atoms with Gasteiger partial charge in [0, 0.05) is 5.41 Å². The van der Waals surface area contributed by atoms with E-state index in [9.17, 15) is 4.79 Å². The number of ketones is 1. The van der Waals surface area contributed by atoms with Crippen LogP contribution in [0.5, 0.6) is 0 Å². The molecule has 16 heavy (non-hydrogen) atoms. The van der Waals surface area contributed by atoms with Crippen LogP contribution in [0.4, 0.5) is 0 Å². The van der Waals surface area contributed by atoms with Crippen molar-refractivity contribution in [3.8, 4) is 0 Å². The molecule has 0 aliphatic rings. The van der Waals surface area contributed by atoms with E-state index < -0.39 is 11.5 Å². The van der Waals surface area contributed by atoms with Gasteiger partial charge in [-0.15, -0.1) is 0 Å². The maximum atomic E-state index is 11.9. The van der Waals surface area contributed by atoms with Crippen molar-refractivity contribution in [2.75, 3.05) is 0 Å². The Morgan fingerprint density at radius 1 is 1.44 bits per heavy atom. The molecule has 1 atom stereocenters. The van der Waals surface area contributed by atoms with Crippen LogP contribution in [0, 0.1) is 12.3 Å². The molecule has 0 bridgehead atoms. The lowest BCUT2D eigenvalue weighted by molar-refractivity contribution is -0.127. The molecule has 0 heterocycles. The molecular weight excluding hydrogens is 198 g/mol. The minimum absolute atomic E-state index is 0.0598. The van der Waals surface area contributed by atoms with Crippen LogP contribution in [0.15, 0.2) is 24.2 Å². The highest BCUT2D eigenvalue weighted by molar-refractivity contribution is 5.88. The van der Waals surface area contributed by atoms with Crippen LogP contribution in [-0.2, 0) is 11.2 Å². The van der Waals surface area contributed by atoms with Gasteiger partial charge in [-0.3, -0.25) is 4.79 Å². The number of rotatable bonds is 3. The summed E-state index contributed by atoms with van der Waals surface area (Å²) >= 11 is 0. The molecule has 0 aliphatic carbocycles. The molecule has 0 amide bonds. The quantitative estimate of drug-likeness (QED) is 0.850. The topological polar surface area (TPSA) is 43.1 Å². The minimum Gasteiger partial charge on any atom is -0.321 e. The van der Waals surface area contributed by atoms with E-state index in [0.29, 0.717) is 12.5 Å². The number of carbonyl (C=O) groups excluding carboxylic acids is 1. The molecule has 0 saturated carbocycles. The third-order valence-electron chi connectivity index (χ3n) is 2.56. The summed E-state index contributed by atoms with van der Waals surface area (Å²) in [6.07, 6.45) is 0.502. The SMILES string of the molecule is [2H]c1cc(C[C@H](N)C(=O)C(C)(C)C)ccc1C. The second-order valence-corrected chi connectivity index (χ2v) is 5.30. The highest BCUT2D eigenvalue weighted by Gasteiger charge is 2.26. The zero-order valence-corrected chi connectivity index (χ0v) is 10.5. The zero-order valence-electron chi connectivity index (χ0n) is 11.5. The first-order valence-electron chi connectivity index (χ1n) is 6.08. The summed E-state index contributed by atoms with van der Waals surface area (Å²) in [6.45, 7) is 7.52. The number of hydrogen-bond donors (Lipinski definition) is 1. The fraction of sp³-hybridized carbons (Fsp3) is 0.500. The van der Waals surface area contributed by atoms with Gasteiger partial charge in [0.2, 0.25) is 0 Å². The summed E-state index contributed by atoms with van der Waals surface area (Å²) in [5, 5.41) is 0. The molecule has 2 heteroatoms. The fourth-order valence-corrected chi connectivity index (χ4v) is 1.56. The van der Waals surface area contributed by atoms with Gasteiger partial charge in [0.05, 0.1) is 7.41 Å². The summed E-state index contributed by atoms with van der Waals surface area (Å²) in [6, 6.07) is 5.62. The van der Waals surface area contributed by atoms with E-state index in [2.05, 4.69) is 0 Å². The number of aryl methyl sites for hydroxylation is 1. The van der Waals surface area contributed by atoms with Crippen LogP contribution in [0.3, 0.4) is 0 Å². The molecule has 0 aliphatic heterocycles. The molecule has 0 radical (unpaired) electrons. The van der Waals surface area contributed by atoms with Crippen LogP contribution in [0.1, 0.15) is 33.3 Å². The first-order chi connectivity index (χ1) is 7.71. The standard InChI is InChI=1S/C14H21NO/c1-10-5-7-11(8-6-10)9-12(15)13(16)14(2,3)4/h5-8,12H,9,15H2,1-4H3/t12-/m0/s1/i5D. The summed E-state index contributed by atoms with van der Waals surface area (Å²) in [5.41, 5.74) is 7.39. The Hall–Kier alpha value is -1.15. The average Bonchev–Trinajstić information content (AvgIpc) is 2.21. The molecule has 2 nitrogen and oxygen atoms in total. The lowest BCUT2D eigenvalue weighted by Gasteiger charge is -2.21. The summed E-state index contributed by atoms with van der Waals surface area (Å²) in [7, 11) is 0. The van der Waals surface area contributed by atoms with Gasteiger partial charge < -0.3 is 5.73 Å². The number of benzene rings is 1. The molecule has 1 aromatic rings. The van der Waals surface area contributed by atoms with E-state index in [1.54, 1.807) is 6.07 Å². The van der Waals surface area contributed by atoms with Gasteiger partial charge in [-0.05, 0) is 18.9 Å². The van der Waals surface area contributed by atoms with Crippen molar-refractivity contribution in [3.05, 3.63) is 35.4 Å². The second kappa shape index (κ2) is 4.79. The predicted molar refractivity (Wildman–Crippen MR) is 67.3 cm³/mol. The molecule has 2 N–H and O–H groups in total. The van der Waals surface area contributed by atoms with E-state index in [4.69, 9.17) is 7.10 Å². The third-order valence-corrected chi connectivity index (χ3v) is 2.56. The lowest BCUT2D eigenvalue weighted by atomic mass is 9.84. The van der Waals surface area contributed by atoms with E-state index in [-0.39, 0.29) is 5.78 Å². The third kappa shape index (κ3) is 3.46. The Bertz CT molecular complexity index is 421. The van der Waals surface area contributed by atoms with Crippen LogP contribution >= 0.6 is 0 Å². The molecule has 88 valence electrons. The molecule has 0 aromatic heterocycles. The van der Waals surface area contributed by atoms with Gasteiger partial charge in [-0.2, -0.15) is 0 Å². The zero-order chi connectivity index (χ0) is 13.2. The summed E-state index contributed by atoms with van der Waals surface area (Å²) in [5.74, 6) is 0.0598. The summed E-state index contributed by atoms with van der Waals surface area (Å²) in [4.78, 5) is 11.9. The molecule has 0 saturated heterocycles. The van der Waals surface area contributed by atoms with Crippen molar-refractivity contribution in [3.63, 3.8) is 0 Å². The Morgan fingerprint density at radius 3 is 2.56 bits per heavy atom. The first-order valence-corrected chi connectivity index (χ1v) is 5.58. The number of Topliss-reactive ketones (excluding diaryl/α,β-unsaturated/α-hetero) is 1. The Labute approximate surface area is 99.3 Å². The normalized spacial score (nSPS) is 14.4. The van der Waals surface area contributed by atoms with Gasteiger partial charge in [0.1, 0.15) is 0 Å². The van der Waals surface area contributed by atoms with Crippen molar-refractivity contribution in [2.24, 2.45) is 11.1 Å². The minimum atomic E-state index is -0.489. The highest BCUT2D eigenvalue weighted by atomic mass is 16.1. The number of hydrogen-bond acceptors (Lipinski definition) is 2. The van der Waals surface area contributed by atoms with Crippen molar-refractivity contribution in [1.29, 1.82) is 0 Å².